The maximum absolute atomic E-state index is 13.8. The van der Waals surface area contributed by atoms with Crippen LogP contribution in [-0.2, 0) is 0 Å². The van der Waals surface area contributed by atoms with Gasteiger partial charge in [-0.2, -0.15) is 0 Å². The lowest BCUT2D eigenvalue weighted by molar-refractivity contribution is 0.104. The molecule has 0 amide bonds. The molecule has 2 heterocycles. The zero-order chi connectivity index (χ0) is 11.8. The number of alkyl halides is 1. The summed E-state index contributed by atoms with van der Waals surface area (Å²) in [6.07, 6.45) is 5.57. The molecular formula is C12H20FN3. The van der Waals surface area contributed by atoms with E-state index in [-0.39, 0.29) is 5.92 Å². The van der Waals surface area contributed by atoms with Gasteiger partial charge in [0.1, 0.15) is 5.67 Å². The lowest BCUT2D eigenvalue weighted by Gasteiger charge is -2.37. The van der Waals surface area contributed by atoms with Crippen molar-refractivity contribution in [2.24, 2.45) is 5.92 Å². The first-order valence-electron chi connectivity index (χ1n) is 5.84. The zero-order valence-corrected chi connectivity index (χ0v) is 9.99. The largest absolute Gasteiger partial charge is 0.370 e. The highest BCUT2D eigenvalue weighted by Gasteiger charge is 2.32. The standard InChI is InChI=1S/C12H20FN3/c1-12(2,13)10-3-6-15(7-4-10)11-5-8-16(14)9-11/h5,8-10H,3-4,6-7,14H2,1-2H3. The van der Waals surface area contributed by atoms with E-state index >= 15 is 0 Å². The molecule has 0 unspecified atom stereocenters. The second kappa shape index (κ2) is 4.00. The van der Waals surface area contributed by atoms with E-state index in [0.717, 1.165) is 31.6 Å². The second-order valence-corrected chi connectivity index (χ2v) is 5.14. The molecule has 0 atom stereocenters. The van der Waals surface area contributed by atoms with Crippen molar-refractivity contribution in [3.63, 3.8) is 0 Å². The predicted molar refractivity (Wildman–Crippen MR) is 64.7 cm³/mol. The Kier molecular flexibility index (Phi) is 2.82. The topological polar surface area (TPSA) is 34.2 Å². The summed E-state index contributed by atoms with van der Waals surface area (Å²) < 4.78 is 15.3. The summed E-state index contributed by atoms with van der Waals surface area (Å²) in [5.74, 6) is 5.80. The summed E-state index contributed by atoms with van der Waals surface area (Å²) in [6.45, 7) is 5.21. The first-order valence-corrected chi connectivity index (χ1v) is 5.84. The fourth-order valence-electron chi connectivity index (χ4n) is 2.41. The number of hydrogen-bond acceptors (Lipinski definition) is 2. The fourth-order valence-corrected chi connectivity index (χ4v) is 2.41. The van der Waals surface area contributed by atoms with E-state index in [9.17, 15) is 4.39 Å². The van der Waals surface area contributed by atoms with Crippen LogP contribution in [0.3, 0.4) is 0 Å². The van der Waals surface area contributed by atoms with Crippen LogP contribution >= 0.6 is 0 Å². The van der Waals surface area contributed by atoms with Crippen molar-refractivity contribution in [2.45, 2.75) is 32.4 Å². The van der Waals surface area contributed by atoms with Crippen LogP contribution in [0.25, 0.3) is 0 Å². The van der Waals surface area contributed by atoms with Gasteiger partial charge in [0.2, 0.25) is 0 Å². The van der Waals surface area contributed by atoms with Crippen molar-refractivity contribution in [1.82, 2.24) is 4.68 Å². The number of nitrogen functional groups attached to an aromatic ring is 1. The molecule has 0 spiro atoms. The van der Waals surface area contributed by atoms with Crippen molar-refractivity contribution in [3.05, 3.63) is 18.5 Å². The van der Waals surface area contributed by atoms with E-state index in [1.807, 2.05) is 18.5 Å². The van der Waals surface area contributed by atoms with Crippen LogP contribution < -0.4 is 10.7 Å². The molecule has 3 nitrogen and oxygen atoms in total. The molecule has 1 saturated heterocycles. The Morgan fingerprint density at radius 1 is 1.38 bits per heavy atom. The number of aromatic nitrogens is 1. The van der Waals surface area contributed by atoms with E-state index in [4.69, 9.17) is 5.84 Å². The van der Waals surface area contributed by atoms with E-state index in [2.05, 4.69) is 4.90 Å². The highest BCUT2D eigenvalue weighted by molar-refractivity contribution is 5.45. The molecule has 1 aliphatic heterocycles. The van der Waals surface area contributed by atoms with Crippen molar-refractivity contribution in [3.8, 4) is 0 Å². The summed E-state index contributed by atoms with van der Waals surface area (Å²) in [6, 6.07) is 2.00. The number of anilines is 1. The van der Waals surface area contributed by atoms with Gasteiger partial charge in [-0.25, -0.2) is 4.39 Å². The summed E-state index contributed by atoms with van der Waals surface area (Å²) in [7, 11) is 0. The van der Waals surface area contributed by atoms with Crippen molar-refractivity contribution in [2.75, 3.05) is 23.8 Å². The molecule has 90 valence electrons. The quantitative estimate of drug-likeness (QED) is 0.783. The first kappa shape index (κ1) is 11.3. The maximum atomic E-state index is 13.8. The third-order valence-electron chi connectivity index (χ3n) is 3.53. The van der Waals surface area contributed by atoms with Crippen LogP contribution in [0.4, 0.5) is 10.1 Å². The van der Waals surface area contributed by atoms with Crippen LogP contribution in [0, 0.1) is 5.92 Å². The Hall–Kier alpha value is -1.19. The molecule has 0 saturated carbocycles. The SMILES string of the molecule is CC(C)(F)C1CCN(c2ccn(N)c2)CC1. The minimum absolute atomic E-state index is 0.184. The molecule has 0 bridgehead atoms. The lowest BCUT2D eigenvalue weighted by Crippen LogP contribution is -2.39. The molecular weight excluding hydrogens is 205 g/mol. The van der Waals surface area contributed by atoms with Crippen molar-refractivity contribution in [1.29, 1.82) is 0 Å². The average molecular weight is 225 g/mol. The number of rotatable bonds is 2. The summed E-state index contributed by atoms with van der Waals surface area (Å²) in [5.41, 5.74) is 0.0870. The Bertz CT molecular complexity index is 345. The third kappa shape index (κ3) is 2.31. The van der Waals surface area contributed by atoms with Crippen LogP contribution in [0.1, 0.15) is 26.7 Å². The first-order chi connectivity index (χ1) is 7.47. The van der Waals surface area contributed by atoms with Gasteiger partial charge in [0.15, 0.2) is 0 Å². The number of nitrogens with two attached hydrogens (primary N) is 1. The van der Waals surface area contributed by atoms with Gasteiger partial charge in [0, 0.05) is 25.5 Å². The molecule has 16 heavy (non-hydrogen) atoms. The molecule has 1 fully saturated rings. The molecule has 0 aliphatic carbocycles. The van der Waals surface area contributed by atoms with Gasteiger partial charge >= 0.3 is 0 Å². The highest BCUT2D eigenvalue weighted by Crippen LogP contribution is 2.32. The van der Waals surface area contributed by atoms with Gasteiger partial charge in [0.05, 0.1) is 5.69 Å². The molecule has 1 aromatic heterocycles. The molecule has 0 radical (unpaired) electrons. The van der Waals surface area contributed by atoms with Crippen molar-refractivity contribution >= 4 is 5.69 Å². The Labute approximate surface area is 96.0 Å². The Balaban J connectivity index is 1.95. The highest BCUT2D eigenvalue weighted by atomic mass is 19.1. The number of nitrogens with zero attached hydrogens (tertiary/aromatic N) is 2. The minimum atomic E-state index is -1.05. The number of hydrogen-bond donors (Lipinski definition) is 1. The summed E-state index contributed by atoms with van der Waals surface area (Å²) in [5, 5.41) is 0. The zero-order valence-electron chi connectivity index (χ0n) is 9.99. The molecule has 1 aromatic rings. The van der Waals surface area contributed by atoms with Crippen molar-refractivity contribution < 1.29 is 4.39 Å². The van der Waals surface area contributed by atoms with Crippen LogP contribution in [-0.4, -0.2) is 23.4 Å². The van der Waals surface area contributed by atoms with Gasteiger partial charge in [0.25, 0.3) is 0 Å². The Morgan fingerprint density at radius 2 is 2.00 bits per heavy atom. The van der Waals surface area contributed by atoms with Crippen LogP contribution in [0.2, 0.25) is 0 Å². The van der Waals surface area contributed by atoms with Crippen LogP contribution in [0.15, 0.2) is 18.5 Å². The monoisotopic (exact) mass is 225 g/mol. The predicted octanol–water partition coefficient (Wildman–Crippen LogP) is 2.17. The molecule has 2 N–H and O–H groups in total. The fraction of sp³-hybridized carbons (Fsp3) is 0.667. The summed E-state index contributed by atoms with van der Waals surface area (Å²) in [4.78, 5) is 2.27. The maximum Gasteiger partial charge on any atom is 0.108 e. The van der Waals surface area contributed by atoms with E-state index in [1.54, 1.807) is 18.5 Å². The molecule has 0 aromatic carbocycles. The normalized spacial score (nSPS) is 19.1. The van der Waals surface area contributed by atoms with Gasteiger partial charge in [-0.1, -0.05) is 0 Å². The number of piperidine rings is 1. The van der Waals surface area contributed by atoms with E-state index in [0.29, 0.717) is 0 Å². The molecule has 2 rings (SSSR count). The van der Waals surface area contributed by atoms with Gasteiger partial charge in [-0.3, -0.25) is 4.68 Å². The Morgan fingerprint density at radius 3 is 2.44 bits per heavy atom. The van der Waals surface area contributed by atoms with Gasteiger partial charge in [-0.15, -0.1) is 0 Å². The molecule has 1 aliphatic rings. The van der Waals surface area contributed by atoms with E-state index < -0.39 is 5.67 Å². The van der Waals surface area contributed by atoms with E-state index in [1.165, 1.54) is 0 Å². The second-order valence-electron chi connectivity index (χ2n) is 5.14. The average Bonchev–Trinajstić information content (AvgIpc) is 2.64. The summed E-state index contributed by atoms with van der Waals surface area (Å²) >= 11 is 0. The third-order valence-corrected chi connectivity index (χ3v) is 3.53. The minimum Gasteiger partial charge on any atom is -0.370 e. The lowest BCUT2D eigenvalue weighted by atomic mass is 9.84. The van der Waals surface area contributed by atoms with Gasteiger partial charge in [-0.05, 0) is 38.7 Å². The van der Waals surface area contributed by atoms with Gasteiger partial charge < -0.3 is 10.7 Å². The number of halogens is 1. The molecule has 4 heteroatoms. The van der Waals surface area contributed by atoms with Crippen LogP contribution in [0.5, 0.6) is 0 Å². The smallest absolute Gasteiger partial charge is 0.108 e.